The Morgan fingerprint density at radius 3 is 2.79 bits per heavy atom. The molecule has 1 N–H and O–H groups in total. The molecule has 0 unspecified atom stereocenters. The normalized spacial score (nSPS) is 10.5. The van der Waals surface area contributed by atoms with Crippen molar-refractivity contribution in [3.8, 4) is 5.75 Å². The van der Waals surface area contributed by atoms with Gasteiger partial charge in [0.15, 0.2) is 0 Å². The molecule has 0 saturated carbocycles. The summed E-state index contributed by atoms with van der Waals surface area (Å²) in [5.41, 5.74) is 0.591. The fourth-order valence-corrected chi connectivity index (χ4v) is 1.61. The van der Waals surface area contributed by atoms with Gasteiger partial charge in [-0.15, -0.1) is 0 Å². The minimum Gasteiger partial charge on any atom is -0.489 e. The van der Waals surface area contributed by atoms with Crippen LogP contribution in [0.4, 0.5) is 4.39 Å². The zero-order valence-corrected chi connectivity index (χ0v) is 10.7. The number of carboxylic acids is 1. The molecule has 19 heavy (non-hydrogen) atoms. The number of rotatable bonds is 4. The van der Waals surface area contributed by atoms with Gasteiger partial charge in [0, 0.05) is 11.6 Å². The van der Waals surface area contributed by atoms with Gasteiger partial charge >= 0.3 is 5.97 Å². The average Bonchev–Trinajstić information content (AvgIpc) is 2.73. The topological polar surface area (TPSA) is 59.7 Å². The summed E-state index contributed by atoms with van der Waals surface area (Å²) in [6, 6.07) is 5.45. The Balaban J connectivity index is 2.09. The molecule has 0 spiro atoms. The third kappa shape index (κ3) is 3.06. The van der Waals surface area contributed by atoms with Crippen molar-refractivity contribution in [2.24, 2.45) is 0 Å². The highest BCUT2D eigenvalue weighted by atomic mass is 35.5. The van der Waals surface area contributed by atoms with E-state index in [2.05, 4.69) is 0 Å². The van der Waals surface area contributed by atoms with Crippen LogP contribution in [0, 0.1) is 12.7 Å². The first-order valence-corrected chi connectivity index (χ1v) is 5.75. The fraction of sp³-hybridized carbons (Fsp3) is 0.154. The SMILES string of the molecule is Cc1oc(C(=O)O)cc1COc1ccc(Cl)c(F)c1. The fourth-order valence-electron chi connectivity index (χ4n) is 1.50. The number of halogens is 2. The largest absolute Gasteiger partial charge is 0.489 e. The van der Waals surface area contributed by atoms with Crippen molar-refractivity contribution in [2.45, 2.75) is 13.5 Å². The van der Waals surface area contributed by atoms with E-state index in [-0.39, 0.29) is 17.4 Å². The third-order valence-corrected chi connectivity index (χ3v) is 2.82. The molecular formula is C13H10ClFO4. The molecule has 1 heterocycles. The van der Waals surface area contributed by atoms with E-state index in [1.165, 1.54) is 18.2 Å². The van der Waals surface area contributed by atoms with Crippen LogP contribution in [0.3, 0.4) is 0 Å². The van der Waals surface area contributed by atoms with Crippen LogP contribution in [0.15, 0.2) is 28.7 Å². The Morgan fingerprint density at radius 2 is 2.21 bits per heavy atom. The summed E-state index contributed by atoms with van der Waals surface area (Å²) in [4.78, 5) is 10.7. The first-order chi connectivity index (χ1) is 8.97. The Morgan fingerprint density at radius 1 is 1.47 bits per heavy atom. The number of carboxylic acid groups (broad SMARTS) is 1. The summed E-state index contributed by atoms with van der Waals surface area (Å²) >= 11 is 5.55. The molecule has 0 bridgehead atoms. The van der Waals surface area contributed by atoms with Crippen LogP contribution < -0.4 is 4.74 Å². The summed E-state index contributed by atoms with van der Waals surface area (Å²) < 4.78 is 23.6. The number of hydrogen-bond donors (Lipinski definition) is 1. The van der Waals surface area contributed by atoms with E-state index < -0.39 is 11.8 Å². The van der Waals surface area contributed by atoms with Crippen LogP contribution in [0.25, 0.3) is 0 Å². The van der Waals surface area contributed by atoms with Crippen molar-refractivity contribution < 1.29 is 23.4 Å². The molecular weight excluding hydrogens is 275 g/mol. The molecule has 1 aromatic carbocycles. The van der Waals surface area contributed by atoms with E-state index in [1.807, 2.05) is 0 Å². The van der Waals surface area contributed by atoms with E-state index in [0.717, 1.165) is 6.07 Å². The summed E-state index contributed by atoms with van der Waals surface area (Å²) in [5, 5.41) is 8.79. The molecule has 0 aliphatic heterocycles. The number of carbonyl (C=O) groups is 1. The number of ether oxygens (including phenoxy) is 1. The van der Waals surface area contributed by atoms with Gasteiger partial charge in [0.2, 0.25) is 5.76 Å². The smallest absolute Gasteiger partial charge is 0.371 e. The minimum atomic E-state index is -1.15. The van der Waals surface area contributed by atoms with Gasteiger partial charge in [0.1, 0.15) is 23.9 Å². The zero-order chi connectivity index (χ0) is 14.0. The number of benzene rings is 1. The summed E-state index contributed by atoms with van der Waals surface area (Å²) in [6.07, 6.45) is 0. The van der Waals surface area contributed by atoms with Gasteiger partial charge < -0.3 is 14.3 Å². The van der Waals surface area contributed by atoms with Crippen LogP contribution in [-0.2, 0) is 6.61 Å². The predicted octanol–water partition coefficient (Wildman–Crippen LogP) is 3.66. The molecule has 0 radical (unpaired) electrons. The minimum absolute atomic E-state index is 0.0139. The van der Waals surface area contributed by atoms with E-state index in [4.69, 9.17) is 25.9 Å². The summed E-state index contributed by atoms with van der Waals surface area (Å²) in [7, 11) is 0. The quantitative estimate of drug-likeness (QED) is 0.931. The van der Waals surface area contributed by atoms with Crippen molar-refractivity contribution in [3.63, 3.8) is 0 Å². The first-order valence-electron chi connectivity index (χ1n) is 5.38. The number of aryl methyl sites for hydroxylation is 1. The second-order valence-corrected chi connectivity index (χ2v) is 4.27. The monoisotopic (exact) mass is 284 g/mol. The molecule has 0 aliphatic carbocycles. The third-order valence-electron chi connectivity index (χ3n) is 2.52. The maximum absolute atomic E-state index is 13.2. The van der Waals surface area contributed by atoms with Crippen LogP contribution in [0.5, 0.6) is 5.75 Å². The van der Waals surface area contributed by atoms with E-state index in [9.17, 15) is 9.18 Å². The zero-order valence-electron chi connectivity index (χ0n) is 9.94. The van der Waals surface area contributed by atoms with E-state index in [0.29, 0.717) is 17.1 Å². The van der Waals surface area contributed by atoms with Gasteiger partial charge in [-0.3, -0.25) is 0 Å². The Kier molecular flexibility index (Phi) is 3.76. The van der Waals surface area contributed by atoms with Gasteiger partial charge in [-0.2, -0.15) is 0 Å². The number of furan rings is 1. The van der Waals surface area contributed by atoms with Gasteiger partial charge in [-0.05, 0) is 25.1 Å². The Hall–Kier alpha value is -2.01. The van der Waals surface area contributed by atoms with E-state index >= 15 is 0 Å². The van der Waals surface area contributed by atoms with Gasteiger partial charge in [0.05, 0.1) is 5.02 Å². The highest BCUT2D eigenvalue weighted by molar-refractivity contribution is 6.30. The van der Waals surface area contributed by atoms with Crippen molar-refractivity contribution in [2.75, 3.05) is 0 Å². The molecule has 0 amide bonds. The highest BCUT2D eigenvalue weighted by Crippen LogP contribution is 2.22. The average molecular weight is 285 g/mol. The van der Waals surface area contributed by atoms with Crippen molar-refractivity contribution >= 4 is 17.6 Å². The van der Waals surface area contributed by atoms with Gasteiger partial charge in [-0.1, -0.05) is 11.6 Å². The Labute approximate surface area is 113 Å². The lowest BCUT2D eigenvalue weighted by Gasteiger charge is -2.05. The molecule has 2 aromatic rings. The van der Waals surface area contributed by atoms with Crippen molar-refractivity contribution in [3.05, 3.63) is 52.2 Å². The van der Waals surface area contributed by atoms with E-state index in [1.54, 1.807) is 6.92 Å². The molecule has 100 valence electrons. The lowest BCUT2D eigenvalue weighted by atomic mass is 10.2. The Bertz CT molecular complexity index is 621. The maximum atomic E-state index is 13.2. The molecule has 0 atom stereocenters. The molecule has 0 saturated heterocycles. The summed E-state index contributed by atoms with van der Waals surface area (Å²) in [5.74, 6) is -1.12. The molecule has 0 fully saturated rings. The molecule has 1 aromatic heterocycles. The van der Waals surface area contributed by atoms with Gasteiger partial charge in [0.25, 0.3) is 0 Å². The van der Waals surface area contributed by atoms with Crippen molar-refractivity contribution in [1.82, 2.24) is 0 Å². The molecule has 4 nitrogen and oxygen atoms in total. The number of hydrogen-bond acceptors (Lipinski definition) is 3. The van der Waals surface area contributed by atoms with Gasteiger partial charge in [-0.25, -0.2) is 9.18 Å². The van der Waals surface area contributed by atoms with Crippen molar-refractivity contribution in [1.29, 1.82) is 0 Å². The molecule has 2 rings (SSSR count). The maximum Gasteiger partial charge on any atom is 0.371 e. The van der Waals surface area contributed by atoms with Crippen LogP contribution in [0.1, 0.15) is 21.9 Å². The molecule has 0 aliphatic rings. The van der Waals surface area contributed by atoms with Crippen LogP contribution in [-0.4, -0.2) is 11.1 Å². The lowest BCUT2D eigenvalue weighted by molar-refractivity contribution is 0.0661. The lowest BCUT2D eigenvalue weighted by Crippen LogP contribution is -1.96. The predicted molar refractivity (Wildman–Crippen MR) is 66.1 cm³/mol. The highest BCUT2D eigenvalue weighted by Gasteiger charge is 2.13. The number of aromatic carboxylic acids is 1. The van der Waals surface area contributed by atoms with Crippen LogP contribution >= 0.6 is 11.6 Å². The second kappa shape index (κ2) is 5.32. The summed E-state index contributed by atoms with van der Waals surface area (Å²) in [6.45, 7) is 1.72. The molecule has 6 heteroatoms. The first kappa shape index (κ1) is 13.4. The standard InChI is InChI=1S/C13H10ClFO4/c1-7-8(4-12(19-7)13(16)17)6-18-9-2-3-10(14)11(15)5-9/h2-5H,6H2,1H3,(H,16,17). The second-order valence-electron chi connectivity index (χ2n) is 3.86. The van der Waals surface area contributed by atoms with Crippen LogP contribution in [0.2, 0.25) is 5.02 Å².